The van der Waals surface area contributed by atoms with Crippen molar-refractivity contribution in [1.29, 1.82) is 0 Å². The second-order valence-electron chi connectivity index (χ2n) is 5.69. The number of hydrogen-bond acceptors (Lipinski definition) is 5. The summed E-state index contributed by atoms with van der Waals surface area (Å²) < 4.78 is 21.2. The monoisotopic (exact) mass is 325 g/mol. The SMILES string of the molecule is COc1cccc(C2CC(c3ccccc3F)n3nnnc3N2)c1. The summed E-state index contributed by atoms with van der Waals surface area (Å²) in [7, 11) is 1.64. The van der Waals surface area contributed by atoms with Gasteiger partial charge in [0.25, 0.3) is 0 Å². The Morgan fingerprint density at radius 2 is 2.08 bits per heavy atom. The average Bonchev–Trinajstić information content (AvgIpc) is 3.10. The maximum atomic E-state index is 14.3. The van der Waals surface area contributed by atoms with Crippen molar-refractivity contribution in [1.82, 2.24) is 20.2 Å². The lowest BCUT2D eigenvalue weighted by Crippen LogP contribution is -2.28. The van der Waals surface area contributed by atoms with Gasteiger partial charge in [-0.3, -0.25) is 0 Å². The first-order chi connectivity index (χ1) is 11.8. The molecule has 1 aromatic heterocycles. The van der Waals surface area contributed by atoms with E-state index in [1.807, 2.05) is 30.3 Å². The molecule has 4 rings (SSSR count). The molecule has 7 heteroatoms. The van der Waals surface area contributed by atoms with Crippen molar-refractivity contribution in [3.8, 4) is 5.75 Å². The number of hydrogen-bond donors (Lipinski definition) is 1. The Morgan fingerprint density at radius 3 is 2.92 bits per heavy atom. The van der Waals surface area contributed by atoms with Crippen LogP contribution >= 0.6 is 0 Å². The van der Waals surface area contributed by atoms with Crippen LogP contribution in [-0.4, -0.2) is 27.3 Å². The third-order valence-electron chi connectivity index (χ3n) is 4.31. The Labute approximate surface area is 138 Å². The molecule has 24 heavy (non-hydrogen) atoms. The minimum absolute atomic E-state index is 0.0387. The maximum Gasteiger partial charge on any atom is 0.243 e. The fourth-order valence-electron chi connectivity index (χ4n) is 3.12. The van der Waals surface area contributed by atoms with E-state index in [-0.39, 0.29) is 17.9 Å². The van der Waals surface area contributed by atoms with Crippen molar-refractivity contribution in [3.05, 3.63) is 65.5 Å². The van der Waals surface area contributed by atoms with Gasteiger partial charge in [0.15, 0.2) is 0 Å². The van der Waals surface area contributed by atoms with Gasteiger partial charge in [-0.2, -0.15) is 0 Å². The van der Waals surface area contributed by atoms with E-state index < -0.39 is 0 Å². The molecule has 2 heterocycles. The molecule has 0 amide bonds. The molecular weight excluding hydrogens is 309 g/mol. The number of rotatable bonds is 3. The van der Waals surface area contributed by atoms with Gasteiger partial charge < -0.3 is 10.1 Å². The van der Waals surface area contributed by atoms with Crippen molar-refractivity contribution >= 4 is 5.95 Å². The van der Waals surface area contributed by atoms with Gasteiger partial charge in [0.2, 0.25) is 5.95 Å². The molecule has 2 atom stereocenters. The van der Waals surface area contributed by atoms with Gasteiger partial charge in [0.05, 0.1) is 19.2 Å². The standard InChI is InChI=1S/C17H16FN5O/c1-24-12-6-4-5-11(9-12)15-10-16(13-7-2-3-8-14(13)18)23-17(19-15)20-21-22-23/h2-9,15-16H,10H2,1H3,(H,19,20,22). The van der Waals surface area contributed by atoms with Crippen molar-refractivity contribution in [2.45, 2.75) is 18.5 Å². The van der Waals surface area contributed by atoms with Gasteiger partial charge in [0.1, 0.15) is 11.6 Å². The topological polar surface area (TPSA) is 64.9 Å². The zero-order valence-electron chi connectivity index (χ0n) is 13.1. The summed E-state index contributed by atoms with van der Waals surface area (Å²) in [5.41, 5.74) is 1.63. The first-order valence-corrected chi connectivity index (χ1v) is 7.69. The highest BCUT2D eigenvalue weighted by Gasteiger charge is 2.32. The summed E-state index contributed by atoms with van der Waals surface area (Å²) >= 11 is 0. The Kier molecular flexibility index (Phi) is 3.60. The van der Waals surface area contributed by atoms with Crippen LogP contribution in [0.3, 0.4) is 0 Å². The Bertz CT molecular complexity index is 865. The number of nitrogens with zero attached hydrogens (tertiary/aromatic N) is 4. The van der Waals surface area contributed by atoms with E-state index in [0.29, 0.717) is 17.9 Å². The van der Waals surface area contributed by atoms with E-state index in [1.165, 1.54) is 6.07 Å². The molecule has 0 spiro atoms. The predicted molar refractivity (Wildman–Crippen MR) is 86.3 cm³/mol. The second kappa shape index (κ2) is 5.92. The summed E-state index contributed by atoms with van der Waals surface area (Å²) in [6.07, 6.45) is 0.631. The molecule has 6 nitrogen and oxygen atoms in total. The van der Waals surface area contributed by atoms with Crippen LogP contribution in [0.25, 0.3) is 0 Å². The van der Waals surface area contributed by atoms with Crippen molar-refractivity contribution in [2.24, 2.45) is 0 Å². The summed E-state index contributed by atoms with van der Waals surface area (Å²) in [4.78, 5) is 0. The first-order valence-electron chi connectivity index (χ1n) is 7.69. The van der Waals surface area contributed by atoms with E-state index in [0.717, 1.165) is 11.3 Å². The predicted octanol–water partition coefficient (Wildman–Crippen LogP) is 2.97. The van der Waals surface area contributed by atoms with Crippen LogP contribution in [0, 0.1) is 5.82 Å². The molecule has 1 aliphatic rings. The van der Waals surface area contributed by atoms with Crippen LogP contribution in [0.4, 0.5) is 10.3 Å². The summed E-state index contributed by atoms with van der Waals surface area (Å²) in [6.45, 7) is 0. The quantitative estimate of drug-likeness (QED) is 0.802. The molecule has 0 fully saturated rings. The van der Waals surface area contributed by atoms with E-state index in [4.69, 9.17) is 4.74 Å². The fraction of sp³-hybridized carbons (Fsp3) is 0.235. The smallest absolute Gasteiger partial charge is 0.243 e. The summed E-state index contributed by atoms with van der Waals surface area (Å²) in [5.74, 6) is 1.06. The van der Waals surface area contributed by atoms with Crippen LogP contribution in [0.1, 0.15) is 29.6 Å². The summed E-state index contributed by atoms with van der Waals surface area (Å²) in [5, 5.41) is 15.1. The van der Waals surface area contributed by atoms with Crippen molar-refractivity contribution in [3.63, 3.8) is 0 Å². The van der Waals surface area contributed by atoms with Crippen molar-refractivity contribution in [2.75, 3.05) is 12.4 Å². The van der Waals surface area contributed by atoms with Crippen LogP contribution < -0.4 is 10.1 Å². The lowest BCUT2D eigenvalue weighted by atomic mass is 9.93. The Hall–Kier alpha value is -2.96. The third-order valence-corrected chi connectivity index (χ3v) is 4.31. The zero-order valence-corrected chi connectivity index (χ0v) is 13.1. The zero-order chi connectivity index (χ0) is 16.5. The molecule has 0 aliphatic carbocycles. The third kappa shape index (κ3) is 2.47. The molecule has 1 aliphatic heterocycles. The highest BCUT2D eigenvalue weighted by molar-refractivity contribution is 5.40. The number of aromatic nitrogens is 4. The molecule has 0 bridgehead atoms. The average molecular weight is 325 g/mol. The highest BCUT2D eigenvalue weighted by Crippen LogP contribution is 2.38. The molecule has 0 radical (unpaired) electrons. The number of halogens is 1. The number of tetrazole rings is 1. The van der Waals surface area contributed by atoms with Crippen LogP contribution in [0.15, 0.2) is 48.5 Å². The van der Waals surface area contributed by atoms with E-state index in [2.05, 4.69) is 20.8 Å². The number of nitrogens with one attached hydrogen (secondary N) is 1. The number of fused-ring (bicyclic) bond motifs is 1. The highest BCUT2D eigenvalue weighted by atomic mass is 19.1. The number of benzene rings is 2. The lowest BCUT2D eigenvalue weighted by Gasteiger charge is -2.31. The maximum absolute atomic E-state index is 14.3. The van der Waals surface area contributed by atoms with Crippen LogP contribution in [0.5, 0.6) is 5.75 Å². The normalized spacial score (nSPS) is 19.4. The molecule has 122 valence electrons. The van der Waals surface area contributed by atoms with Crippen LogP contribution in [-0.2, 0) is 0 Å². The van der Waals surface area contributed by atoms with E-state index in [1.54, 1.807) is 23.9 Å². The molecule has 2 unspecified atom stereocenters. The van der Waals surface area contributed by atoms with Gasteiger partial charge >= 0.3 is 0 Å². The first kappa shape index (κ1) is 14.6. The molecule has 0 saturated heterocycles. The van der Waals surface area contributed by atoms with Crippen LogP contribution in [0.2, 0.25) is 0 Å². The fourth-order valence-corrected chi connectivity index (χ4v) is 3.12. The molecule has 2 aromatic carbocycles. The minimum atomic E-state index is -0.270. The van der Waals surface area contributed by atoms with Gasteiger partial charge in [0, 0.05) is 5.56 Å². The number of methoxy groups -OCH3 is 1. The van der Waals surface area contributed by atoms with Crippen molar-refractivity contribution < 1.29 is 9.13 Å². The Balaban J connectivity index is 1.75. The minimum Gasteiger partial charge on any atom is -0.497 e. The largest absolute Gasteiger partial charge is 0.497 e. The van der Waals surface area contributed by atoms with Gasteiger partial charge in [-0.15, -0.1) is 0 Å². The van der Waals surface area contributed by atoms with Gasteiger partial charge in [-0.25, -0.2) is 9.07 Å². The number of anilines is 1. The van der Waals surface area contributed by atoms with E-state index in [9.17, 15) is 4.39 Å². The summed E-state index contributed by atoms with van der Waals surface area (Å²) in [6, 6.07) is 14.2. The lowest BCUT2D eigenvalue weighted by molar-refractivity contribution is 0.403. The second-order valence-corrected chi connectivity index (χ2v) is 5.69. The molecule has 3 aromatic rings. The molecular formula is C17H16FN5O. The molecule has 1 N–H and O–H groups in total. The molecule has 0 saturated carbocycles. The van der Waals surface area contributed by atoms with E-state index >= 15 is 0 Å². The Morgan fingerprint density at radius 1 is 1.21 bits per heavy atom. The number of ether oxygens (including phenoxy) is 1. The van der Waals surface area contributed by atoms with Gasteiger partial charge in [-0.1, -0.05) is 35.4 Å². The van der Waals surface area contributed by atoms with Gasteiger partial charge in [-0.05, 0) is 40.6 Å².